The van der Waals surface area contributed by atoms with Crippen molar-refractivity contribution in [2.45, 2.75) is 0 Å². The minimum absolute atomic E-state index is 0.00899. The summed E-state index contributed by atoms with van der Waals surface area (Å²) in [7, 11) is 0. The van der Waals surface area contributed by atoms with E-state index in [1.165, 1.54) is 12.1 Å². The summed E-state index contributed by atoms with van der Waals surface area (Å²) in [6.07, 6.45) is 4.83. The number of rotatable bonds is 4. The van der Waals surface area contributed by atoms with Gasteiger partial charge in [-0.1, -0.05) is 30.6 Å². The predicted molar refractivity (Wildman–Crippen MR) is 113 cm³/mol. The molecule has 152 valence electrons. The highest BCUT2D eigenvalue weighted by Gasteiger charge is 2.13. The molecule has 0 radical (unpaired) electrons. The number of benzene rings is 3. The highest BCUT2D eigenvalue weighted by atomic mass is 19.2. The average molecular weight is 416 g/mol. The molecule has 0 aliphatic carbocycles. The van der Waals surface area contributed by atoms with Gasteiger partial charge in [0.1, 0.15) is 6.61 Å². The number of hydrogen-bond donors (Lipinski definition) is 0. The largest absolute Gasteiger partial charge is 0.486 e. The molecule has 4 rings (SSSR count). The molecule has 0 atom stereocenters. The third-order valence-electron chi connectivity index (χ3n) is 4.46. The summed E-state index contributed by atoms with van der Waals surface area (Å²) >= 11 is 0. The lowest BCUT2D eigenvalue weighted by Gasteiger charge is -2.04. The number of fused-ring (bicyclic) bond motifs is 1. The van der Waals surface area contributed by atoms with Crippen molar-refractivity contribution in [1.82, 2.24) is 9.97 Å². The van der Waals surface area contributed by atoms with E-state index in [2.05, 4.69) is 28.4 Å². The fourth-order valence-electron chi connectivity index (χ4n) is 2.92. The van der Waals surface area contributed by atoms with E-state index < -0.39 is 17.5 Å². The standard InChI is InChI=1S/C25H15F3N2O/c1-2-11-31-20-14-29-25(30-15-20)18-8-5-16(6-9-18)3-4-17-7-10-21-19(12-17)13-22(26)24(28)23(21)27/h2,5-10,12-15H,1,11H2. The molecule has 0 saturated carbocycles. The fraction of sp³-hybridized carbons (Fsp3) is 0.0400. The van der Waals surface area contributed by atoms with Crippen LogP contribution in [0.4, 0.5) is 13.2 Å². The summed E-state index contributed by atoms with van der Waals surface area (Å²) in [5, 5.41) is 0.255. The molecule has 1 aromatic heterocycles. The number of nitrogens with zero attached hydrogens (tertiary/aromatic N) is 2. The van der Waals surface area contributed by atoms with Crippen LogP contribution in [0.25, 0.3) is 22.2 Å². The Morgan fingerprint density at radius 2 is 1.55 bits per heavy atom. The molecule has 3 nitrogen and oxygen atoms in total. The number of halogens is 3. The summed E-state index contributed by atoms with van der Waals surface area (Å²) in [5.41, 5.74) is 2.12. The van der Waals surface area contributed by atoms with E-state index in [4.69, 9.17) is 4.74 Å². The van der Waals surface area contributed by atoms with Crippen molar-refractivity contribution in [3.8, 4) is 29.0 Å². The summed E-state index contributed by atoms with van der Waals surface area (Å²) in [6, 6.07) is 12.8. The zero-order chi connectivity index (χ0) is 21.8. The maximum atomic E-state index is 13.8. The third-order valence-corrected chi connectivity index (χ3v) is 4.46. The van der Waals surface area contributed by atoms with Crippen LogP contribution in [0.2, 0.25) is 0 Å². The summed E-state index contributed by atoms with van der Waals surface area (Å²) < 4.78 is 46.0. The first kappa shape index (κ1) is 20.2. The van der Waals surface area contributed by atoms with Crippen LogP contribution in [-0.4, -0.2) is 16.6 Å². The van der Waals surface area contributed by atoms with Crippen molar-refractivity contribution in [2.75, 3.05) is 6.61 Å². The van der Waals surface area contributed by atoms with Crippen LogP contribution in [0.5, 0.6) is 5.75 Å². The van der Waals surface area contributed by atoms with Gasteiger partial charge in [0, 0.05) is 22.1 Å². The van der Waals surface area contributed by atoms with Gasteiger partial charge in [0.05, 0.1) is 12.4 Å². The van der Waals surface area contributed by atoms with Crippen molar-refractivity contribution in [2.24, 2.45) is 0 Å². The molecule has 4 aromatic rings. The molecule has 6 heteroatoms. The van der Waals surface area contributed by atoms with Crippen LogP contribution in [0.15, 0.2) is 73.6 Å². The average Bonchev–Trinajstić information content (AvgIpc) is 2.80. The second kappa shape index (κ2) is 8.72. The second-order valence-electron chi connectivity index (χ2n) is 6.59. The normalized spacial score (nSPS) is 10.4. The second-order valence-corrected chi connectivity index (χ2v) is 6.59. The van der Waals surface area contributed by atoms with Gasteiger partial charge in [-0.2, -0.15) is 0 Å². The van der Waals surface area contributed by atoms with Crippen LogP contribution in [0, 0.1) is 29.3 Å². The van der Waals surface area contributed by atoms with Crippen molar-refractivity contribution in [3.05, 3.63) is 102 Å². The van der Waals surface area contributed by atoms with Gasteiger partial charge in [-0.05, 0) is 47.9 Å². The third kappa shape index (κ3) is 4.41. The van der Waals surface area contributed by atoms with Crippen molar-refractivity contribution < 1.29 is 17.9 Å². The maximum Gasteiger partial charge on any atom is 0.195 e. The minimum Gasteiger partial charge on any atom is -0.486 e. The van der Waals surface area contributed by atoms with E-state index in [0.717, 1.165) is 17.2 Å². The van der Waals surface area contributed by atoms with E-state index in [-0.39, 0.29) is 10.8 Å². The Hall–Kier alpha value is -4.11. The fourth-order valence-corrected chi connectivity index (χ4v) is 2.92. The number of aromatic nitrogens is 2. The molecule has 1 heterocycles. The van der Waals surface area contributed by atoms with Gasteiger partial charge in [0.15, 0.2) is 29.0 Å². The highest BCUT2D eigenvalue weighted by molar-refractivity contribution is 5.84. The highest BCUT2D eigenvalue weighted by Crippen LogP contribution is 2.24. The van der Waals surface area contributed by atoms with E-state index in [0.29, 0.717) is 23.7 Å². The van der Waals surface area contributed by atoms with Crippen LogP contribution in [0.3, 0.4) is 0 Å². The quantitative estimate of drug-likeness (QED) is 0.244. The molecule has 0 saturated heterocycles. The summed E-state index contributed by atoms with van der Waals surface area (Å²) in [6.45, 7) is 3.97. The maximum absolute atomic E-state index is 13.8. The molecule has 0 spiro atoms. The monoisotopic (exact) mass is 416 g/mol. The molecule has 0 unspecified atom stereocenters. The first-order valence-electron chi connectivity index (χ1n) is 9.30. The molecular formula is C25H15F3N2O. The van der Waals surface area contributed by atoms with Gasteiger partial charge in [0.2, 0.25) is 0 Å². The zero-order valence-electron chi connectivity index (χ0n) is 16.2. The van der Waals surface area contributed by atoms with E-state index in [1.54, 1.807) is 24.5 Å². The molecule has 0 amide bonds. The summed E-state index contributed by atoms with van der Waals surface area (Å²) in [4.78, 5) is 8.56. The lowest BCUT2D eigenvalue weighted by molar-refractivity contribution is 0.360. The first-order valence-corrected chi connectivity index (χ1v) is 9.30. The Morgan fingerprint density at radius 1 is 0.871 bits per heavy atom. The van der Waals surface area contributed by atoms with Gasteiger partial charge in [-0.3, -0.25) is 0 Å². The van der Waals surface area contributed by atoms with Crippen LogP contribution >= 0.6 is 0 Å². The van der Waals surface area contributed by atoms with Crippen molar-refractivity contribution in [3.63, 3.8) is 0 Å². The Kier molecular flexibility index (Phi) is 5.67. The van der Waals surface area contributed by atoms with Gasteiger partial charge in [-0.15, -0.1) is 0 Å². The van der Waals surface area contributed by atoms with Crippen LogP contribution in [-0.2, 0) is 0 Å². The van der Waals surface area contributed by atoms with Crippen LogP contribution < -0.4 is 4.74 Å². The first-order chi connectivity index (χ1) is 15.0. The van der Waals surface area contributed by atoms with Gasteiger partial charge in [-0.25, -0.2) is 23.1 Å². The minimum atomic E-state index is -1.48. The molecule has 31 heavy (non-hydrogen) atoms. The Bertz CT molecular complexity index is 1320. The van der Waals surface area contributed by atoms with Crippen molar-refractivity contribution >= 4 is 10.8 Å². The van der Waals surface area contributed by atoms with Gasteiger partial charge >= 0.3 is 0 Å². The lowest BCUT2D eigenvalue weighted by atomic mass is 10.1. The molecule has 3 aromatic carbocycles. The topological polar surface area (TPSA) is 35.0 Å². The molecule has 0 bridgehead atoms. The van der Waals surface area contributed by atoms with E-state index in [9.17, 15) is 13.2 Å². The number of ether oxygens (including phenoxy) is 1. The van der Waals surface area contributed by atoms with E-state index in [1.807, 2.05) is 24.3 Å². The van der Waals surface area contributed by atoms with Crippen molar-refractivity contribution in [1.29, 1.82) is 0 Å². The van der Waals surface area contributed by atoms with Crippen LogP contribution in [0.1, 0.15) is 11.1 Å². The molecule has 0 fully saturated rings. The molecular weight excluding hydrogens is 401 g/mol. The van der Waals surface area contributed by atoms with Gasteiger partial charge in [0.25, 0.3) is 0 Å². The zero-order valence-corrected chi connectivity index (χ0v) is 16.2. The molecule has 0 aliphatic rings. The Labute approximate surface area is 176 Å². The lowest BCUT2D eigenvalue weighted by Crippen LogP contribution is -1.95. The predicted octanol–water partition coefficient (Wildman–Crippen LogP) is 5.68. The Balaban J connectivity index is 1.53. The smallest absolute Gasteiger partial charge is 0.195 e. The molecule has 0 aliphatic heterocycles. The SMILES string of the molecule is C=CCOc1cnc(-c2ccc(C#Cc3ccc4c(F)c(F)c(F)cc4c3)cc2)nc1. The number of hydrogen-bond acceptors (Lipinski definition) is 3. The van der Waals surface area contributed by atoms with Gasteiger partial charge < -0.3 is 4.74 Å². The summed E-state index contributed by atoms with van der Waals surface area (Å²) in [5.74, 6) is 3.15. The molecule has 0 N–H and O–H groups in total. The van der Waals surface area contributed by atoms with E-state index >= 15 is 0 Å². The Morgan fingerprint density at radius 3 is 2.26 bits per heavy atom.